The number of carbonyl (C=O) groups excluding carboxylic acids is 1. The Morgan fingerprint density at radius 1 is 1.04 bits per heavy atom. The number of anilines is 1. The minimum absolute atomic E-state index is 0.113. The summed E-state index contributed by atoms with van der Waals surface area (Å²) in [6.07, 6.45) is 2.02. The third-order valence-corrected chi connectivity index (χ3v) is 5.17. The number of aryl methyl sites for hydroxylation is 1. The fourth-order valence-electron chi connectivity index (χ4n) is 2.89. The summed E-state index contributed by atoms with van der Waals surface area (Å²) < 4.78 is 2.99. The normalized spacial score (nSPS) is 10.8. The van der Waals surface area contributed by atoms with Gasteiger partial charge in [0.15, 0.2) is 0 Å². The largest absolute Gasteiger partial charge is 0.322 e. The molecule has 0 unspecified atom stereocenters. The van der Waals surface area contributed by atoms with Crippen molar-refractivity contribution in [2.45, 2.75) is 6.92 Å². The SMILES string of the molecule is Cc1cccc2nc(-c3cccc(NC(=O)c4ccccc4I)c3)cn12. The van der Waals surface area contributed by atoms with Gasteiger partial charge in [-0.05, 0) is 65.9 Å². The van der Waals surface area contributed by atoms with Crippen molar-refractivity contribution in [2.75, 3.05) is 5.32 Å². The van der Waals surface area contributed by atoms with E-state index in [0.29, 0.717) is 5.56 Å². The van der Waals surface area contributed by atoms with Gasteiger partial charge in [-0.2, -0.15) is 0 Å². The topological polar surface area (TPSA) is 46.4 Å². The predicted molar refractivity (Wildman–Crippen MR) is 112 cm³/mol. The van der Waals surface area contributed by atoms with E-state index in [2.05, 4.69) is 50.3 Å². The van der Waals surface area contributed by atoms with Crippen molar-refractivity contribution in [3.05, 3.63) is 87.8 Å². The van der Waals surface area contributed by atoms with Gasteiger partial charge in [0.1, 0.15) is 5.65 Å². The Labute approximate surface area is 165 Å². The first kappa shape index (κ1) is 16.8. The standard InChI is InChI=1S/C21H16IN3O/c1-14-6-4-11-20-24-19(13-25(14)20)15-7-5-8-16(12-15)23-21(26)17-9-2-3-10-18(17)22/h2-13H,1H3,(H,23,26). The van der Waals surface area contributed by atoms with Gasteiger partial charge in [-0.15, -0.1) is 0 Å². The van der Waals surface area contributed by atoms with Crippen LogP contribution in [0.2, 0.25) is 0 Å². The van der Waals surface area contributed by atoms with Crippen molar-refractivity contribution in [3.8, 4) is 11.3 Å². The number of fused-ring (bicyclic) bond motifs is 1. The average molecular weight is 453 g/mol. The smallest absolute Gasteiger partial charge is 0.256 e. The fraction of sp³-hybridized carbons (Fsp3) is 0.0476. The van der Waals surface area contributed by atoms with Crippen LogP contribution in [0.3, 0.4) is 0 Å². The van der Waals surface area contributed by atoms with Gasteiger partial charge in [0.2, 0.25) is 0 Å². The van der Waals surface area contributed by atoms with Crippen LogP contribution in [-0.2, 0) is 0 Å². The highest BCUT2D eigenvalue weighted by Gasteiger charge is 2.11. The molecule has 1 N–H and O–H groups in total. The Hall–Kier alpha value is -2.67. The number of benzene rings is 2. The first-order valence-electron chi connectivity index (χ1n) is 8.23. The van der Waals surface area contributed by atoms with E-state index in [-0.39, 0.29) is 5.91 Å². The second-order valence-corrected chi connectivity index (χ2v) is 7.20. The summed E-state index contributed by atoms with van der Waals surface area (Å²) in [4.78, 5) is 17.2. The molecule has 0 aliphatic heterocycles. The Morgan fingerprint density at radius 3 is 2.65 bits per heavy atom. The summed E-state index contributed by atoms with van der Waals surface area (Å²) in [5, 5.41) is 2.98. The van der Waals surface area contributed by atoms with Crippen LogP contribution in [0.4, 0.5) is 5.69 Å². The monoisotopic (exact) mass is 453 g/mol. The molecule has 0 radical (unpaired) electrons. The first-order chi connectivity index (χ1) is 12.6. The van der Waals surface area contributed by atoms with Crippen LogP contribution >= 0.6 is 22.6 Å². The molecule has 4 aromatic rings. The second-order valence-electron chi connectivity index (χ2n) is 6.04. The Bertz CT molecular complexity index is 1120. The molecule has 0 saturated heterocycles. The second kappa shape index (κ2) is 6.92. The maximum Gasteiger partial charge on any atom is 0.256 e. The number of carbonyl (C=O) groups is 1. The van der Waals surface area contributed by atoms with E-state index in [1.807, 2.05) is 66.9 Å². The van der Waals surface area contributed by atoms with Crippen LogP contribution in [0.15, 0.2) is 72.9 Å². The lowest BCUT2D eigenvalue weighted by Gasteiger charge is -2.08. The molecule has 128 valence electrons. The highest BCUT2D eigenvalue weighted by molar-refractivity contribution is 14.1. The molecule has 0 saturated carbocycles. The molecule has 0 fully saturated rings. The number of pyridine rings is 1. The Balaban J connectivity index is 1.65. The number of nitrogens with one attached hydrogen (secondary N) is 1. The quantitative estimate of drug-likeness (QED) is 0.436. The molecule has 0 atom stereocenters. The molecule has 2 aromatic heterocycles. The zero-order valence-electron chi connectivity index (χ0n) is 14.1. The van der Waals surface area contributed by atoms with Crippen molar-refractivity contribution in [1.82, 2.24) is 9.38 Å². The molecule has 0 spiro atoms. The summed E-state index contributed by atoms with van der Waals surface area (Å²) in [5.74, 6) is -0.113. The molecule has 4 rings (SSSR count). The van der Waals surface area contributed by atoms with E-state index >= 15 is 0 Å². The fourth-order valence-corrected chi connectivity index (χ4v) is 3.52. The maximum atomic E-state index is 12.5. The van der Waals surface area contributed by atoms with Crippen molar-refractivity contribution < 1.29 is 4.79 Å². The number of hydrogen-bond acceptors (Lipinski definition) is 2. The van der Waals surface area contributed by atoms with Gasteiger partial charge in [-0.25, -0.2) is 4.98 Å². The number of nitrogens with zero attached hydrogens (tertiary/aromatic N) is 2. The molecule has 5 heteroatoms. The molecule has 0 aliphatic rings. The number of halogens is 1. The number of aromatic nitrogens is 2. The molecule has 0 bridgehead atoms. The van der Waals surface area contributed by atoms with Crippen LogP contribution < -0.4 is 5.32 Å². The number of hydrogen-bond donors (Lipinski definition) is 1. The molecular weight excluding hydrogens is 437 g/mol. The van der Waals surface area contributed by atoms with Gasteiger partial charge < -0.3 is 9.72 Å². The Morgan fingerprint density at radius 2 is 1.85 bits per heavy atom. The van der Waals surface area contributed by atoms with Gasteiger partial charge in [-0.3, -0.25) is 4.79 Å². The van der Waals surface area contributed by atoms with Crippen molar-refractivity contribution in [1.29, 1.82) is 0 Å². The number of amides is 1. The summed E-state index contributed by atoms with van der Waals surface area (Å²) >= 11 is 2.17. The van der Waals surface area contributed by atoms with E-state index in [4.69, 9.17) is 0 Å². The molecule has 2 aromatic carbocycles. The van der Waals surface area contributed by atoms with Crippen LogP contribution in [0, 0.1) is 10.5 Å². The Kier molecular flexibility index (Phi) is 4.46. The van der Waals surface area contributed by atoms with Crippen molar-refractivity contribution >= 4 is 39.8 Å². The van der Waals surface area contributed by atoms with Gasteiger partial charge in [0.05, 0.1) is 11.3 Å². The molecule has 26 heavy (non-hydrogen) atoms. The minimum atomic E-state index is -0.113. The van der Waals surface area contributed by atoms with Crippen molar-refractivity contribution in [2.24, 2.45) is 0 Å². The lowest BCUT2D eigenvalue weighted by atomic mass is 10.1. The lowest BCUT2D eigenvalue weighted by Crippen LogP contribution is -2.13. The zero-order chi connectivity index (χ0) is 18.1. The van der Waals surface area contributed by atoms with Crippen LogP contribution in [0.25, 0.3) is 16.9 Å². The third-order valence-electron chi connectivity index (χ3n) is 4.23. The third kappa shape index (κ3) is 3.22. The lowest BCUT2D eigenvalue weighted by molar-refractivity contribution is 0.102. The molecule has 0 aliphatic carbocycles. The highest BCUT2D eigenvalue weighted by Crippen LogP contribution is 2.24. The molecule has 2 heterocycles. The summed E-state index contributed by atoms with van der Waals surface area (Å²) in [6, 6.07) is 21.3. The van der Waals surface area contributed by atoms with Gasteiger partial charge in [-0.1, -0.05) is 30.3 Å². The van der Waals surface area contributed by atoms with Gasteiger partial charge in [0, 0.05) is 26.7 Å². The summed E-state index contributed by atoms with van der Waals surface area (Å²) in [7, 11) is 0. The summed E-state index contributed by atoms with van der Waals surface area (Å²) in [6.45, 7) is 2.05. The molecule has 1 amide bonds. The number of rotatable bonds is 3. The van der Waals surface area contributed by atoms with E-state index in [1.54, 1.807) is 0 Å². The maximum absolute atomic E-state index is 12.5. The molecular formula is C21H16IN3O. The molecule has 4 nitrogen and oxygen atoms in total. The van der Waals surface area contributed by atoms with Crippen molar-refractivity contribution in [3.63, 3.8) is 0 Å². The van der Waals surface area contributed by atoms with E-state index in [1.165, 1.54) is 0 Å². The number of imidazole rings is 1. The van der Waals surface area contributed by atoms with E-state index < -0.39 is 0 Å². The van der Waals surface area contributed by atoms with E-state index in [0.717, 1.165) is 31.9 Å². The highest BCUT2D eigenvalue weighted by atomic mass is 127. The van der Waals surface area contributed by atoms with Gasteiger partial charge in [0.25, 0.3) is 5.91 Å². The average Bonchev–Trinajstić information content (AvgIpc) is 3.08. The summed E-state index contributed by atoms with van der Waals surface area (Å²) in [5.41, 5.74) is 5.30. The first-order valence-corrected chi connectivity index (χ1v) is 9.31. The van der Waals surface area contributed by atoms with Crippen LogP contribution in [0.5, 0.6) is 0 Å². The van der Waals surface area contributed by atoms with Crippen LogP contribution in [0.1, 0.15) is 16.1 Å². The zero-order valence-corrected chi connectivity index (χ0v) is 16.3. The predicted octanol–water partition coefficient (Wildman–Crippen LogP) is 5.17. The van der Waals surface area contributed by atoms with Crippen LogP contribution in [-0.4, -0.2) is 15.3 Å². The van der Waals surface area contributed by atoms with Gasteiger partial charge >= 0.3 is 0 Å². The van der Waals surface area contributed by atoms with E-state index in [9.17, 15) is 4.79 Å². The minimum Gasteiger partial charge on any atom is -0.322 e.